The molecule has 0 saturated heterocycles. The van der Waals surface area contributed by atoms with Crippen molar-refractivity contribution in [3.8, 4) is 0 Å². The van der Waals surface area contributed by atoms with Crippen LogP contribution < -0.4 is 0 Å². The van der Waals surface area contributed by atoms with Crippen LogP contribution in [0.2, 0.25) is 0 Å². The minimum absolute atomic E-state index is 0.623. The fourth-order valence-corrected chi connectivity index (χ4v) is 1.23. The molecule has 1 nitrogen and oxygen atoms in total. The molecule has 0 aliphatic heterocycles. The van der Waals surface area contributed by atoms with Crippen molar-refractivity contribution in [3.05, 3.63) is 0 Å². The molecule has 1 heteroatoms. The smallest absolute Gasteiger partial charge is 0.120 e. The highest BCUT2D eigenvalue weighted by atomic mass is 16.1. The molecule has 60 valence electrons. The second-order valence-corrected chi connectivity index (χ2v) is 3.31. The highest BCUT2D eigenvalue weighted by Crippen LogP contribution is 2.16. The fraction of sp³-hybridized carbons (Fsp3) is 0.889. The molecule has 0 aromatic heterocycles. The summed E-state index contributed by atoms with van der Waals surface area (Å²) in [6.45, 7) is 6.55. The molecule has 1 atom stereocenters. The molecule has 0 aromatic rings. The molecule has 0 spiro atoms. The maximum Gasteiger partial charge on any atom is 0.120 e. The molecule has 0 aromatic carbocycles. The van der Waals surface area contributed by atoms with Gasteiger partial charge in [0.05, 0.1) is 0 Å². The summed E-state index contributed by atoms with van der Waals surface area (Å²) in [5, 5.41) is 0. The van der Waals surface area contributed by atoms with Gasteiger partial charge in [0.25, 0.3) is 0 Å². The zero-order valence-electron chi connectivity index (χ0n) is 7.26. The second kappa shape index (κ2) is 5.45. The number of hydrogen-bond acceptors (Lipinski definition) is 1. The van der Waals surface area contributed by atoms with Crippen molar-refractivity contribution in [1.82, 2.24) is 0 Å². The van der Waals surface area contributed by atoms with Gasteiger partial charge in [-0.2, -0.15) is 0 Å². The summed E-state index contributed by atoms with van der Waals surface area (Å²) in [6, 6.07) is 0. The van der Waals surface area contributed by atoms with Crippen molar-refractivity contribution in [1.29, 1.82) is 0 Å². The van der Waals surface area contributed by atoms with E-state index < -0.39 is 0 Å². The summed E-state index contributed by atoms with van der Waals surface area (Å²) in [6.07, 6.45) is 4.11. The van der Waals surface area contributed by atoms with Crippen LogP contribution in [0.3, 0.4) is 0 Å². The molecule has 0 bridgehead atoms. The van der Waals surface area contributed by atoms with Gasteiger partial charge in [-0.3, -0.25) is 0 Å². The van der Waals surface area contributed by atoms with Crippen LogP contribution in [0, 0.1) is 11.8 Å². The molecular weight excluding hydrogens is 124 g/mol. The predicted octanol–water partition coefficient (Wildman–Crippen LogP) is 2.65. The van der Waals surface area contributed by atoms with E-state index in [9.17, 15) is 4.79 Å². The Bertz CT molecular complexity index is 86.7. The number of rotatable bonds is 5. The fourth-order valence-electron chi connectivity index (χ4n) is 1.23. The Labute approximate surface area is 63.8 Å². The molecule has 0 N–H and O–H groups in total. The summed E-state index contributed by atoms with van der Waals surface area (Å²) in [5.41, 5.74) is 0. The molecule has 0 aliphatic carbocycles. The minimum atomic E-state index is 0.623. The van der Waals surface area contributed by atoms with E-state index >= 15 is 0 Å². The first-order chi connectivity index (χ1) is 4.70. The van der Waals surface area contributed by atoms with Gasteiger partial charge >= 0.3 is 0 Å². The van der Waals surface area contributed by atoms with Gasteiger partial charge in [-0.25, -0.2) is 0 Å². The largest absolute Gasteiger partial charge is 0.303 e. The Hall–Kier alpha value is -0.330. The van der Waals surface area contributed by atoms with Crippen LogP contribution in [0.4, 0.5) is 0 Å². The Morgan fingerprint density at radius 1 is 1.40 bits per heavy atom. The molecule has 0 rings (SSSR count). The first-order valence-electron chi connectivity index (χ1n) is 4.14. The van der Waals surface area contributed by atoms with Crippen LogP contribution in [0.15, 0.2) is 0 Å². The third kappa shape index (κ3) is 4.54. The van der Waals surface area contributed by atoms with Crippen LogP contribution in [0.5, 0.6) is 0 Å². The number of carbonyl (C=O) groups excluding carboxylic acids is 1. The third-order valence-corrected chi connectivity index (χ3v) is 1.81. The molecule has 0 radical (unpaired) electrons. The molecular formula is C9H18O. The maximum absolute atomic E-state index is 10.2. The minimum Gasteiger partial charge on any atom is -0.303 e. The Kier molecular flexibility index (Phi) is 5.27. The highest BCUT2D eigenvalue weighted by Gasteiger charge is 2.06. The summed E-state index contributed by atoms with van der Waals surface area (Å²) in [4.78, 5) is 10.2. The van der Waals surface area contributed by atoms with E-state index in [0.717, 1.165) is 25.0 Å². The molecule has 0 amide bonds. The monoisotopic (exact) mass is 142 g/mol. The predicted molar refractivity (Wildman–Crippen MR) is 43.9 cm³/mol. The number of aldehydes is 1. The maximum atomic E-state index is 10.2. The summed E-state index contributed by atoms with van der Waals surface area (Å²) in [7, 11) is 0. The van der Waals surface area contributed by atoms with Crippen molar-refractivity contribution in [2.45, 2.75) is 40.0 Å². The van der Waals surface area contributed by atoms with Gasteiger partial charge in [0.1, 0.15) is 6.29 Å². The lowest BCUT2D eigenvalue weighted by Crippen LogP contribution is -2.03. The number of carbonyl (C=O) groups is 1. The molecule has 0 saturated carbocycles. The van der Waals surface area contributed by atoms with Gasteiger partial charge in [-0.15, -0.1) is 0 Å². The van der Waals surface area contributed by atoms with Crippen molar-refractivity contribution < 1.29 is 4.79 Å². The third-order valence-electron chi connectivity index (χ3n) is 1.81. The van der Waals surface area contributed by atoms with Crippen LogP contribution in [-0.4, -0.2) is 6.29 Å². The standard InChI is InChI=1S/C9H18O/c1-4-9(5-6-10)7-8(2)3/h6,8-9H,4-5,7H2,1-3H3/t9-/m1/s1. The SMILES string of the molecule is CC[C@H](CC=O)CC(C)C. The van der Waals surface area contributed by atoms with Gasteiger partial charge in [-0.05, 0) is 18.3 Å². The quantitative estimate of drug-likeness (QED) is 0.539. The van der Waals surface area contributed by atoms with Crippen LogP contribution in [-0.2, 0) is 4.79 Å². The van der Waals surface area contributed by atoms with E-state index in [1.165, 1.54) is 6.42 Å². The number of hydrogen-bond donors (Lipinski definition) is 0. The van der Waals surface area contributed by atoms with Crippen molar-refractivity contribution in [3.63, 3.8) is 0 Å². The molecule has 0 heterocycles. The lowest BCUT2D eigenvalue weighted by atomic mass is 9.93. The second-order valence-electron chi connectivity index (χ2n) is 3.31. The lowest BCUT2D eigenvalue weighted by molar-refractivity contribution is -0.108. The van der Waals surface area contributed by atoms with Crippen molar-refractivity contribution in [2.24, 2.45) is 11.8 Å². The zero-order valence-corrected chi connectivity index (χ0v) is 7.26. The Morgan fingerprint density at radius 3 is 2.30 bits per heavy atom. The normalized spacial score (nSPS) is 13.6. The molecule has 0 aliphatic rings. The van der Waals surface area contributed by atoms with Gasteiger partial charge in [0, 0.05) is 6.42 Å². The Balaban J connectivity index is 3.48. The van der Waals surface area contributed by atoms with Crippen molar-refractivity contribution >= 4 is 6.29 Å². The van der Waals surface area contributed by atoms with E-state index in [0.29, 0.717) is 5.92 Å². The van der Waals surface area contributed by atoms with E-state index in [4.69, 9.17) is 0 Å². The Morgan fingerprint density at radius 2 is 2.00 bits per heavy atom. The van der Waals surface area contributed by atoms with Gasteiger partial charge in [0.15, 0.2) is 0 Å². The van der Waals surface area contributed by atoms with Crippen LogP contribution in [0.25, 0.3) is 0 Å². The topological polar surface area (TPSA) is 17.1 Å². The van der Waals surface area contributed by atoms with E-state index in [1.54, 1.807) is 0 Å². The summed E-state index contributed by atoms with van der Waals surface area (Å²) in [5.74, 6) is 1.35. The van der Waals surface area contributed by atoms with Crippen LogP contribution >= 0.6 is 0 Å². The van der Waals surface area contributed by atoms with E-state index in [1.807, 2.05) is 0 Å². The highest BCUT2D eigenvalue weighted by molar-refractivity contribution is 5.49. The summed E-state index contributed by atoms with van der Waals surface area (Å²) >= 11 is 0. The average Bonchev–Trinajstić information content (AvgIpc) is 1.86. The van der Waals surface area contributed by atoms with Crippen LogP contribution in [0.1, 0.15) is 40.0 Å². The first kappa shape index (κ1) is 9.67. The zero-order chi connectivity index (χ0) is 7.98. The van der Waals surface area contributed by atoms with Gasteiger partial charge < -0.3 is 4.79 Å². The van der Waals surface area contributed by atoms with Gasteiger partial charge in [0.2, 0.25) is 0 Å². The lowest BCUT2D eigenvalue weighted by Gasteiger charge is -2.13. The van der Waals surface area contributed by atoms with E-state index in [-0.39, 0.29) is 0 Å². The van der Waals surface area contributed by atoms with E-state index in [2.05, 4.69) is 20.8 Å². The molecule has 10 heavy (non-hydrogen) atoms. The molecule has 0 fully saturated rings. The average molecular weight is 142 g/mol. The first-order valence-corrected chi connectivity index (χ1v) is 4.14. The van der Waals surface area contributed by atoms with Crippen molar-refractivity contribution in [2.75, 3.05) is 0 Å². The molecule has 0 unspecified atom stereocenters. The summed E-state index contributed by atoms with van der Waals surface area (Å²) < 4.78 is 0. The van der Waals surface area contributed by atoms with Gasteiger partial charge in [-0.1, -0.05) is 27.2 Å².